The summed E-state index contributed by atoms with van der Waals surface area (Å²) in [5.41, 5.74) is 1.58. The molecule has 0 unspecified atom stereocenters. The number of sulfonamides is 1. The summed E-state index contributed by atoms with van der Waals surface area (Å²) in [5, 5.41) is 3.54. The molecule has 1 atom stereocenters. The van der Waals surface area contributed by atoms with E-state index in [9.17, 15) is 22.4 Å². The number of amides is 2. The summed E-state index contributed by atoms with van der Waals surface area (Å²) in [6.45, 7) is 3.91. The summed E-state index contributed by atoms with van der Waals surface area (Å²) in [7, 11) is -4.39. The van der Waals surface area contributed by atoms with Crippen LogP contribution >= 0.6 is 23.2 Å². The first-order chi connectivity index (χ1) is 23.0. The number of rotatable bonds is 16. The van der Waals surface area contributed by atoms with Gasteiger partial charge >= 0.3 is 0 Å². The number of halogens is 3. The van der Waals surface area contributed by atoms with Gasteiger partial charge in [0, 0.05) is 19.5 Å². The zero-order chi connectivity index (χ0) is 34.7. The Morgan fingerprint density at radius 1 is 0.875 bits per heavy atom. The summed E-state index contributed by atoms with van der Waals surface area (Å²) >= 11 is 12.5. The molecule has 0 fully saturated rings. The van der Waals surface area contributed by atoms with Crippen molar-refractivity contribution in [1.82, 2.24) is 10.2 Å². The average molecular weight is 715 g/mol. The Balaban J connectivity index is 1.80. The van der Waals surface area contributed by atoms with Crippen molar-refractivity contribution in [3.05, 3.63) is 124 Å². The largest absolute Gasteiger partial charge is 0.494 e. The van der Waals surface area contributed by atoms with Crippen LogP contribution in [0.25, 0.3) is 0 Å². The maximum atomic E-state index is 14.5. The normalized spacial score (nSPS) is 11.9. The topological polar surface area (TPSA) is 96.0 Å². The molecule has 0 radical (unpaired) electrons. The molecule has 4 aromatic carbocycles. The minimum absolute atomic E-state index is 0.0673. The number of unbranched alkanes of at least 4 members (excludes halogenated alkanes) is 1. The molecule has 0 aromatic heterocycles. The van der Waals surface area contributed by atoms with Crippen LogP contribution in [0.1, 0.15) is 37.8 Å². The van der Waals surface area contributed by atoms with Crippen molar-refractivity contribution in [2.24, 2.45) is 0 Å². The second-order valence-corrected chi connectivity index (χ2v) is 13.7. The SMILES string of the molecule is CCCCNC(=O)[C@@H](Cc1ccccc1)N(Cc1ccc(Cl)c(Cl)c1)C(=O)CN(c1ccc(OCC)cc1)S(=O)(=O)c1ccc(F)cc1. The summed E-state index contributed by atoms with van der Waals surface area (Å²) in [4.78, 5) is 29.6. The van der Waals surface area contributed by atoms with Crippen LogP contribution in [-0.4, -0.2) is 50.9 Å². The lowest BCUT2D eigenvalue weighted by Gasteiger charge is -2.34. The Hall–Kier alpha value is -4.12. The zero-order valence-corrected chi connectivity index (χ0v) is 29.1. The molecule has 4 aromatic rings. The molecule has 254 valence electrons. The lowest BCUT2D eigenvalue weighted by Crippen LogP contribution is -2.53. The van der Waals surface area contributed by atoms with E-state index in [4.69, 9.17) is 27.9 Å². The Labute approximate surface area is 291 Å². The van der Waals surface area contributed by atoms with E-state index < -0.39 is 34.3 Å². The average Bonchev–Trinajstić information content (AvgIpc) is 3.08. The van der Waals surface area contributed by atoms with Gasteiger partial charge < -0.3 is 15.0 Å². The van der Waals surface area contributed by atoms with Gasteiger partial charge in [0.15, 0.2) is 0 Å². The number of nitrogens with one attached hydrogen (secondary N) is 1. The predicted octanol–water partition coefficient (Wildman–Crippen LogP) is 7.28. The molecular formula is C36H38Cl2FN3O5S. The van der Waals surface area contributed by atoms with Gasteiger partial charge in [-0.1, -0.05) is 72.9 Å². The highest BCUT2D eigenvalue weighted by Gasteiger charge is 2.34. The summed E-state index contributed by atoms with van der Waals surface area (Å²) in [6.07, 6.45) is 1.76. The van der Waals surface area contributed by atoms with Crippen molar-refractivity contribution in [2.75, 3.05) is 24.0 Å². The van der Waals surface area contributed by atoms with Gasteiger partial charge in [0.25, 0.3) is 10.0 Å². The molecule has 0 aliphatic heterocycles. The summed E-state index contributed by atoms with van der Waals surface area (Å²) in [5.74, 6) is -1.12. The standard InChI is InChI=1S/C36H38Cl2FN3O5S/c1-3-5-21-40-36(44)34(23-26-9-7-6-8-10-26)41(24-27-11-20-32(37)33(38)22-27)35(43)25-42(29-14-16-30(17-15-29)47-4-2)48(45,46)31-18-12-28(39)13-19-31/h6-20,22,34H,3-5,21,23-25H2,1-2H3,(H,40,44)/t34-/m1/s1. The number of carbonyl (C=O) groups excluding carboxylic acids is 2. The van der Waals surface area contributed by atoms with Crippen LogP contribution in [0, 0.1) is 5.82 Å². The predicted molar refractivity (Wildman–Crippen MR) is 187 cm³/mol. The van der Waals surface area contributed by atoms with E-state index in [2.05, 4.69) is 5.32 Å². The van der Waals surface area contributed by atoms with Crippen molar-refractivity contribution in [3.8, 4) is 5.75 Å². The molecule has 8 nitrogen and oxygen atoms in total. The van der Waals surface area contributed by atoms with E-state index in [1.54, 1.807) is 30.3 Å². The molecule has 0 bridgehead atoms. The van der Waals surface area contributed by atoms with Crippen LogP contribution in [-0.2, 0) is 32.6 Å². The fourth-order valence-electron chi connectivity index (χ4n) is 5.03. The molecule has 1 N–H and O–H groups in total. The van der Waals surface area contributed by atoms with E-state index in [0.717, 1.165) is 47.0 Å². The molecule has 2 amide bonds. The van der Waals surface area contributed by atoms with Gasteiger partial charge in [-0.15, -0.1) is 0 Å². The molecule has 0 aliphatic carbocycles. The number of carbonyl (C=O) groups is 2. The molecule has 12 heteroatoms. The molecule has 0 aliphatic rings. The van der Waals surface area contributed by atoms with Crippen molar-refractivity contribution >= 4 is 50.7 Å². The van der Waals surface area contributed by atoms with Crippen molar-refractivity contribution in [2.45, 2.75) is 50.6 Å². The van der Waals surface area contributed by atoms with Crippen molar-refractivity contribution < 1.29 is 27.1 Å². The molecule has 0 saturated carbocycles. The van der Waals surface area contributed by atoms with Gasteiger partial charge in [0.2, 0.25) is 11.8 Å². The van der Waals surface area contributed by atoms with Gasteiger partial charge in [-0.05, 0) is 85.1 Å². The highest BCUT2D eigenvalue weighted by Crippen LogP contribution is 2.28. The second-order valence-electron chi connectivity index (χ2n) is 11.0. The van der Waals surface area contributed by atoms with Crippen LogP contribution < -0.4 is 14.4 Å². The Kier molecular flexibility index (Phi) is 13.3. The number of nitrogens with zero attached hydrogens (tertiary/aromatic N) is 2. The Morgan fingerprint density at radius 2 is 1.56 bits per heavy atom. The third-order valence-corrected chi connectivity index (χ3v) is 10.1. The van der Waals surface area contributed by atoms with Gasteiger partial charge in [0.05, 0.1) is 27.2 Å². The monoisotopic (exact) mass is 713 g/mol. The third kappa shape index (κ3) is 9.71. The number of hydrogen-bond acceptors (Lipinski definition) is 5. The molecule has 48 heavy (non-hydrogen) atoms. The Morgan fingerprint density at radius 3 is 2.19 bits per heavy atom. The molecule has 0 spiro atoms. The second kappa shape index (κ2) is 17.3. The van der Waals surface area contributed by atoms with Gasteiger partial charge in [-0.2, -0.15) is 0 Å². The van der Waals surface area contributed by atoms with Crippen LogP contribution in [0.3, 0.4) is 0 Å². The highest BCUT2D eigenvalue weighted by atomic mass is 35.5. The smallest absolute Gasteiger partial charge is 0.264 e. The van der Waals surface area contributed by atoms with Crippen LogP contribution in [0.5, 0.6) is 5.75 Å². The Bertz CT molecular complexity index is 1780. The van der Waals surface area contributed by atoms with Crippen LogP contribution in [0.2, 0.25) is 10.0 Å². The van der Waals surface area contributed by atoms with Crippen LogP contribution in [0.4, 0.5) is 10.1 Å². The van der Waals surface area contributed by atoms with Crippen molar-refractivity contribution in [3.63, 3.8) is 0 Å². The first kappa shape index (κ1) is 36.7. The first-order valence-corrected chi connectivity index (χ1v) is 17.8. The maximum absolute atomic E-state index is 14.5. The van der Waals surface area contributed by atoms with Gasteiger partial charge in [0.1, 0.15) is 24.2 Å². The molecule has 0 saturated heterocycles. The van der Waals surface area contributed by atoms with E-state index in [-0.39, 0.29) is 34.5 Å². The number of hydrogen-bond donors (Lipinski definition) is 1. The summed E-state index contributed by atoms with van der Waals surface area (Å²) in [6, 6.07) is 23.8. The molecule has 4 rings (SSSR count). The first-order valence-electron chi connectivity index (χ1n) is 15.6. The maximum Gasteiger partial charge on any atom is 0.264 e. The van der Waals surface area contributed by atoms with Gasteiger partial charge in [-0.25, -0.2) is 12.8 Å². The number of anilines is 1. The summed E-state index contributed by atoms with van der Waals surface area (Å²) < 4.78 is 48.5. The minimum Gasteiger partial charge on any atom is -0.494 e. The minimum atomic E-state index is -4.39. The number of ether oxygens (including phenoxy) is 1. The van der Waals surface area contributed by atoms with E-state index >= 15 is 0 Å². The van der Waals surface area contributed by atoms with E-state index in [1.807, 2.05) is 44.2 Å². The lowest BCUT2D eigenvalue weighted by molar-refractivity contribution is -0.140. The fraction of sp³-hybridized carbons (Fsp3) is 0.278. The molecular weight excluding hydrogens is 676 g/mol. The van der Waals surface area contributed by atoms with E-state index in [0.29, 0.717) is 29.5 Å². The fourth-order valence-corrected chi connectivity index (χ4v) is 6.77. The quantitative estimate of drug-likeness (QED) is 0.123. The van der Waals surface area contributed by atoms with Crippen LogP contribution in [0.15, 0.2) is 102 Å². The third-order valence-electron chi connectivity index (χ3n) is 7.55. The highest BCUT2D eigenvalue weighted by molar-refractivity contribution is 7.92. The van der Waals surface area contributed by atoms with Gasteiger partial charge in [-0.3, -0.25) is 13.9 Å². The zero-order valence-electron chi connectivity index (χ0n) is 26.7. The van der Waals surface area contributed by atoms with E-state index in [1.165, 1.54) is 17.0 Å². The lowest BCUT2D eigenvalue weighted by atomic mass is 10.0. The number of benzene rings is 4. The molecule has 0 heterocycles. The van der Waals surface area contributed by atoms with Crippen molar-refractivity contribution in [1.29, 1.82) is 0 Å².